The molecule has 0 bridgehead atoms. The van der Waals surface area contributed by atoms with Crippen LogP contribution in [0, 0.1) is 10.1 Å². The number of nitrogens with one attached hydrogen (secondary N) is 2. The average molecular weight is 537 g/mol. The highest BCUT2D eigenvalue weighted by Crippen LogP contribution is 2.38. The first-order valence-corrected chi connectivity index (χ1v) is 12.7. The van der Waals surface area contributed by atoms with E-state index < -0.39 is 22.4 Å². The lowest BCUT2D eigenvalue weighted by molar-refractivity contribution is -0.388. The minimum absolute atomic E-state index is 0.0534. The van der Waals surface area contributed by atoms with E-state index in [1.807, 2.05) is 13.0 Å². The van der Waals surface area contributed by atoms with Crippen LogP contribution in [0.5, 0.6) is 5.75 Å². The fourth-order valence-corrected chi connectivity index (χ4v) is 4.84. The fourth-order valence-electron chi connectivity index (χ4n) is 4.84. The summed E-state index contributed by atoms with van der Waals surface area (Å²) in [5.41, 5.74) is -1.09. The lowest BCUT2D eigenvalue weighted by Crippen LogP contribution is -2.51. The molecule has 0 unspecified atom stereocenters. The van der Waals surface area contributed by atoms with Gasteiger partial charge in [-0.2, -0.15) is 13.2 Å². The van der Waals surface area contributed by atoms with Gasteiger partial charge >= 0.3 is 12.2 Å². The van der Waals surface area contributed by atoms with Crippen LogP contribution in [0.1, 0.15) is 38.2 Å². The number of pyridine rings is 1. The Kier molecular flexibility index (Phi) is 8.42. The van der Waals surface area contributed by atoms with Crippen molar-refractivity contribution < 1.29 is 27.6 Å². The van der Waals surface area contributed by atoms with E-state index in [1.54, 1.807) is 17.3 Å². The average Bonchev–Trinajstić information content (AvgIpc) is 2.89. The quantitative estimate of drug-likeness (QED) is 0.391. The monoisotopic (exact) mass is 536 g/mol. The number of nitrogens with zero attached hydrogens (tertiary/aromatic N) is 4. The Morgan fingerprint density at radius 1 is 1.13 bits per heavy atom. The van der Waals surface area contributed by atoms with E-state index in [9.17, 15) is 28.1 Å². The van der Waals surface area contributed by atoms with E-state index >= 15 is 0 Å². The highest BCUT2D eigenvalue weighted by molar-refractivity contribution is 5.74. The molecule has 2 aliphatic rings. The lowest BCUT2D eigenvalue weighted by atomic mass is 9.92. The zero-order valence-corrected chi connectivity index (χ0v) is 21.0. The summed E-state index contributed by atoms with van der Waals surface area (Å²) in [7, 11) is 0. The van der Waals surface area contributed by atoms with Gasteiger partial charge in [0.2, 0.25) is 0 Å². The van der Waals surface area contributed by atoms with Gasteiger partial charge in [-0.3, -0.25) is 15.1 Å². The molecule has 1 aromatic heterocycles. The smallest absolute Gasteiger partial charge is 0.423 e. The molecule has 0 atom stereocenters. The van der Waals surface area contributed by atoms with Crippen LogP contribution >= 0.6 is 0 Å². The topological polar surface area (TPSA) is 113 Å². The van der Waals surface area contributed by atoms with Gasteiger partial charge in [0.05, 0.1) is 29.1 Å². The molecule has 0 radical (unpaired) electrons. The molecule has 38 heavy (non-hydrogen) atoms. The second kappa shape index (κ2) is 11.7. The number of hydrogen-bond acceptors (Lipinski definition) is 7. The van der Waals surface area contributed by atoms with Gasteiger partial charge in [0, 0.05) is 56.6 Å². The number of ether oxygens (including phenoxy) is 1. The van der Waals surface area contributed by atoms with Crippen molar-refractivity contribution in [1.29, 1.82) is 0 Å². The third kappa shape index (κ3) is 6.75. The van der Waals surface area contributed by atoms with E-state index in [1.165, 1.54) is 6.07 Å². The molecule has 1 saturated heterocycles. The van der Waals surface area contributed by atoms with Crippen molar-refractivity contribution in [1.82, 2.24) is 15.2 Å². The van der Waals surface area contributed by atoms with Crippen molar-refractivity contribution in [2.24, 2.45) is 0 Å². The van der Waals surface area contributed by atoms with E-state index in [2.05, 4.69) is 20.5 Å². The second-order valence-corrected chi connectivity index (χ2v) is 9.41. The Morgan fingerprint density at radius 3 is 2.47 bits per heavy atom. The van der Waals surface area contributed by atoms with Crippen LogP contribution in [0.15, 0.2) is 36.7 Å². The van der Waals surface area contributed by atoms with Crippen molar-refractivity contribution in [3.8, 4) is 5.75 Å². The number of amides is 2. The highest BCUT2D eigenvalue weighted by Gasteiger charge is 2.38. The third-order valence-electron chi connectivity index (χ3n) is 6.81. The summed E-state index contributed by atoms with van der Waals surface area (Å²) in [6, 6.07) is 4.82. The van der Waals surface area contributed by atoms with Crippen molar-refractivity contribution in [3.05, 3.63) is 52.3 Å². The Bertz CT molecular complexity index is 1130. The van der Waals surface area contributed by atoms with Crippen LogP contribution < -0.4 is 20.3 Å². The SMILES string of the molecule is CCNC(=O)N1CCN(c2cncc(O[C@H]3CC[C@H](Nc4ccc([N+](=O)[O-])c(C(F)(F)F)c4)CC3)c2)CC1. The van der Waals surface area contributed by atoms with Gasteiger partial charge in [0.1, 0.15) is 11.3 Å². The number of carbonyl (C=O) groups is 1. The molecule has 2 N–H and O–H groups in total. The molecule has 1 aliphatic carbocycles. The third-order valence-corrected chi connectivity index (χ3v) is 6.81. The first-order valence-electron chi connectivity index (χ1n) is 12.7. The number of nitro benzene ring substituents is 1. The molecule has 0 spiro atoms. The van der Waals surface area contributed by atoms with Crippen LogP contribution in [0.4, 0.5) is 35.0 Å². The normalized spacial score (nSPS) is 20.1. The predicted octanol–water partition coefficient (Wildman–Crippen LogP) is 4.66. The fraction of sp³-hybridized carbons (Fsp3) is 0.520. The number of nitro groups is 1. The number of carbonyl (C=O) groups excluding carboxylic acids is 1. The molecule has 4 rings (SSSR count). The van der Waals surface area contributed by atoms with Crippen LogP contribution in [0.2, 0.25) is 0 Å². The maximum absolute atomic E-state index is 13.3. The molecular weight excluding hydrogens is 505 g/mol. The molecule has 1 saturated carbocycles. The first-order chi connectivity index (χ1) is 18.1. The Balaban J connectivity index is 1.29. The minimum Gasteiger partial charge on any atom is -0.489 e. The zero-order chi connectivity index (χ0) is 27.3. The highest BCUT2D eigenvalue weighted by atomic mass is 19.4. The van der Waals surface area contributed by atoms with Gasteiger partial charge in [-0.1, -0.05) is 0 Å². The molecule has 1 aliphatic heterocycles. The molecule has 10 nitrogen and oxygen atoms in total. The summed E-state index contributed by atoms with van der Waals surface area (Å²) in [6.45, 7) is 5.10. The molecule has 13 heteroatoms. The summed E-state index contributed by atoms with van der Waals surface area (Å²) in [6.07, 6.45) is 1.32. The molecule has 2 fully saturated rings. The van der Waals surface area contributed by atoms with Crippen LogP contribution in [-0.2, 0) is 6.18 Å². The largest absolute Gasteiger partial charge is 0.489 e. The number of piperazine rings is 1. The van der Waals surface area contributed by atoms with Gasteiger partial charge in [-0.15, -0.1) is 0 Å². The molecule has 2 amide bonds. The van der Waals surface area contributed by atoms with Gasteiger partial charge in [0.25, 0.3) is 5.69 Å². The number of rotatable bonds is 7. The van der Waals surface area contributed by atoms with Gasteiger partial charge in [-0.25, -0.2) is 4.79 Å². The standard InChI is InChI=1S/C25H31F3N6O4/c1-2-30-24(35)33-11-9-32(10-12-33)19-14-21(16-29-15-19)38-20-6-3-17(4-7-20)31-18-5-8-23(34(36)37)22(13-18)25(26,27)28/h5,8,13-17,20,31H,2-4,6-7,9-12H2,1H3,(H,30,35)/t17-,20-. The lowest BCUT2D eigenvalue weighted by Gasteiger charge is -2.36. The summed E-state index contributed by atoms with van der Waals surface area (Å²) in [5, 5.41) is 16.9. The van der Waals surface area contributed by atoms with Gasteiger partial charge < -0.3 is 25.2 Å². The number of alkyl halides is 3. The first kappa shape index (κ1) is 27.3. The number of aromatic nitrogens is 1. The number of halogens is 3. The van der Waals surface area contributed by atoms with Crippen LogP contribution in [-0.4, -0.2) is 65.7 Å². The number of benzene rings is 1. The molecule has 206 valence electrons. The van der Waals surface area contributed by atoms with Crippen molar-refractivity contribution in [2.75, 3.05) is 42.9 Å². The van der Waals surface area contributed by atoms with E-state index in [-0.39, 0.29) is 23.9 Å². The Labute approximate surface area is 218 Å². The summed E-state index contributed by atoms with van der Waals surface area (Å²) >= 11 is 0. The molecule has 1 aromatic carbocycles. The molecular formula is C25H31F3N6O4. The second-order valence-electron chi connectivity index (χ2n) is 9.41. The minimum atomic E-state index is -4.81. The summed E-state index contributed by atoms with van der Waals surface area (Å²) in [4.78, 5) is 30.2. The number of anilines is 2. The van der Waals surface area contributed by atoms with E-state index in [0.29, 0.717) is 64.2 Å². The number of hydrogen-bond donors (Lipinski definition) is 2. The van der Waals surface area contributed by atoms with Crippen LogP contribution in [0.3, 0.4) is 0 Å². The van der Waals surface area contributed by atoms with Crippen molar-refractivity contribution >= 4 is 23.1 Å². The van der Waals surface area contributed by atoms with Crippen LogP contribution in [0.25, 0.3) is 0 Å². The number of urea groups is 1. The summed E-state index contributed by atoms with van der Waals surface area (Å²) in [5.74, 6) is 0.648. The van der Waals surface area contributed by atoms with E-state index in [4.69, 9.17) is 4.74 Å². The zero-order valence-electron chi connectivity index (χ0n) is 21.0. The molecule has 2 aromatic rings. The van der Waals surface area contributed by atoms with Gasteiger partial charge in [-0.05, 0) is 44.7 Å². The molecule has 2 heterocycles. The predicted molar refractivity (Wildman–Crippen MR) is 135 cm³/mol. The van der Waals surface area contributed by atoms with E-state index in [0.717, 1.165) is 17.8 Å². The Hall–Kier alpha value is -3.77. The summed E-state index contributed by atoms with van der Waals surface area (Å²) < 4.78 is 46.0. The van der Waals surface area contributed by atoms with Crippen molar-refractivity contribution in [2.45, 2.75) is 50.9 Å². The van der Waals surface area contributed by atoms with Crippen molar-refractivity contribution in [3.63, 3.8) is 0 Å². The maximum atomic E-state index is 13.3. The van der Waals surface area contributed by atoms with Gasteiger partial charge in [0.15, 0.2) is 0 Å². The maximum Gasteiger partial charge on any atom is 0.423 e. The Morgan fingerprint density at radius 2 is 1.84 bits per heavy atom.